The maximum absolute atomic E-state index is 12.0. The molecule has 0 radical (unpaired) electrons. The number of halogens is 4. The van der Waals surface area contributed by atoms with Crippen LogP contribution in [0.25, 0.3) is 5.65 Å². The molecule has 4 nitrogen and oxygen atoms in total. The van der Waals surface area contributed by atoms with E-state index in [9.17, 15) is 13.2 Å². The number of anilines is 1. The predicted molar refractivity (Wildman–Crippen MR) is 80.6 cm³/mol. The molecule has 0 saturated carbocycles. The Kier molecular flexibility index (Phi) is 6.44. The molecule has 0 aliphatic heterocycles. The molecule has 1 N–H and O–H groups in total. The van der Waals surface area contributed by atoms with Gasteiger partial charge in [0.25, 0.3) is 0 Å². The second-order valence-corrected chi connectivity index (χ2v) is 4.97. The maximum Gasteiger partial charge on any atom is 0.389 e. The van der Waals surface area contributed by atoms with Crippen LogP contribution in [0.15, 0.2) is 16.9 Å². The van der Waals surface area contributed by atoms with Crippen molar-refractivity contribution < 1.29 is 13.2 Å². The summed E-state index contributed by atoms with van der Waals surface area (Å²) in [6.45, 7) is 6.09. The highest BCUT2D eigenvalue weighted by molar-refractivity contribution is 9.10. The summed E-state index contributed by atoms with van der Waals surface area (Å²) in [6.07, 6.45) is -3.22. The Bertz CT molecular complexity index is 581. The second-order valence-electron chi connectivity index (χ2n) is 4.16. The lowest BCUT2D eigenvalue weighted by Gasteiger charge is -2.09. The zero-order chi connectivity index (χ0) is 16.0. The molecule has 0 atom stereocenters. The maximum atomic E-state index is 12.0. The topological polar surface area (TPSA) is 42.2 Å². The Morgan fingerprint density at radius 2 is 2.00 bits per heavy atom. The molecule has 0 aromatic carbocycles. The van der Waals surface area contributed by atoms with Crippen LogP contribution in [-0.2, 0) is 0 Å². The lowest BCUT2D eigenvalue weighted by atomic mass is 10.3. The first-order chi connectivity index (χ1) is 9.87. The molecule has 0 aliphatic rings. The van der Waals surface area contributed by atoms with Crippen molar-refractivity contribution in [3.8, 4) is 0 Å². The molecular formula is C13H18BrF3N4. The van der Waals surface area contributed by atoms with Gasteiger partial charge in [-0.1, -0.05) is 13.8 Å². The van der Waals surface area contributed by atoms with E-state index in [-0.39, 0.29) is 13.0 Å². The Morgan fingerprint density at radius 3 is 2.62 bits per heavy atom. The van der Waals surface area contributed by atoms with Gasteiger partial charge in [0.05, 0.1) is 17.6 Å². The zero-order valence-electron chi connectivity index (χ0n) is 12.1. The highest BCUT2D eigenvalue weighted by Crippen LogP contribution is 2.23. The predicted octanol–water partition coefficient (Wildman–Crippen LogP) is 4.58. The number of rotatable bonds is 4. The minimum Gasteiger partial charge on any atom is -0.382 e. The molecule has 2 rings (SSSR count). The minimum atomic E-state index is -4.11. The van der Waals surface area contributed by atoms with Crippen LogP contribution in [0.1, 0.15) is 32.4 Å². The number of aromatic nitrogens is 3. The number of nitrogens with one attached hydrogen (secondary N) is 1. The van der Waals surface area contributed by atoms with Crippen LogP contribution >= 0.6 is 15.9 Å². The van der Waals surface area contributed by atoms with Crippen molar-refractivity contribution >= 4 is 27.3 Å². The van der Waals surface area contributed by atoms with E-state index in [2.05, 4.69) is 31.3 Å². The summed E-state index contributed by atoms with van der Waals surface area (Å²) >= 11 is 3.26. The summed E-state index contributed by atoms with van der Waals surface area (Å²) in [7, 11) is 0. The van der Waals surface area contributed by atoms with Gasteiger partial charge in [-0.15, -0.1) is 0 Å². The SMILES string of the molecule is CC.Cc1cnc2c(NCCCC(F)(F)F)cc(Br)nn12. The van der Waals surface area contributed by atoms with Crippen LogP contribution in [0.3, 0.4) is 0 Å². The fraction of sp³-hybridized carbons (Fsp3) is 0.538. The summed E-state index contributed by atoms with van der Waals surface area (Å²) in [5.41, 5.74) is 2.12. The Balaban J connectivity index is 0.00000106. The lowest BCUT2D eigenvalue weighted by molar-refractivity contribution is -0.134. The molecular weight excluding hydrogens is 349 g/mol. The molecule has 0 spiro atoms. The Morgan fingerprint density at radius 1 is 1.33 bits per heavy atom. The first kappa shape index (κ1) is 17.7. The van der Waals surface area contributed by atoms with Crippen molar-refractivity contribution in [2.45, 2.75) is 39.8 Å². The number of aryl methyl sites for hydroxylation is 1. The smallest absolute Gasteiger partial charge is 0.382 e. The number of nitrogens with zero attached hydrogens (tertiary/aromatic N) is 3. The molecule has 21 heavy (non-hydrogen) atoms. The third kappa shape index (κ3) is 5.18. The molecule has 2 aromatic rings. The van der Waals surface area contributed by atoms with Crippen LogP contribution in [0.5, 0.6) is 0 Å². The van der Waals surface area contributed by atoms with Crippen molar-refractivity contribution in [2.75, 3.05) is 11.9 Å². The Labute approximate surface area is 129 Å². The van der Waals surface area contributed by atoms with Gasteiger partial charge in [-0.2, -0.15) is 18.3 Å². The monoisotopic (exact) mass is 366 g/mol. The van der Waals surface area contributed by atoms with E-state index in [0.717, 1.165) is 5.69 Å². The number of fused-ring (bicyclic) bond motifs is 1. The average molecular weight is 367 g/mol. The van der Waals surface area contributed by atoms with Crippen LogP contribution in [0.2, 0.25) is 0 Å². The molecule has 118 valence electrons. The van der Waals surface area contributed by atoms with E-state index in [1.807, 2.05) is 20.8 Å². The molecule has 0 amide bonds. The summed E-state index contributed by atoms with van der Waals surface area (Å²) in [5.74, 6) is 0. The Hall–Kier alpha value is -1.31. The average Bonchev–Trinajstić information content (AvgIpc) is 2.78. The number of hydrogen-bond acceptors (Lipinski definition) is 3. The minimum absolute atomic E-state index is 0.0231. The normalized spacial score (nSPS) is 11.2. The van der Waals surface area contributed by atoms with E-state index < -0.39 is 12.6 Å². The van der Waals surface area contributed by atoms with Crippen molar-refractivity contribution in [1.82, 2.24) is 14.6 Å². The third-order valence-corrected chi connectivity index (χ3v) is 2.95. The van der Waals surface area contributed by atoms with Crippen LogP contribution in [-0.4, -0.2) is 27.3 Å². The number of hydrogen-bond donors (Lipinski definition) is 1. The van der Waals surface area contributed by atoms with E-state index in [0.29, 0.717) is 15.9 Å². The van der Waals surface area contributed by atoms with Gasteiger partial charge in [0.15, 0.2) is 5.65 Å². The van der Waals surface area contributed by atoms with E-state index in [4.69, 9.17) is 0 Å². The molecule has 0 unspecified atom stereocenters. The van der Waals surface area contributed by atoms with Gasteiger partial charge in [-0.05, 0) is 35.3 Å². The van der Waals surface area contributed by atoms with Gasteiger partial charge in [0.2, 0.25) is 0 Å². The zero-order valence-corrected chi connectivity index (χ0v) is 13.7. The molecule has 0 bridgehead atoms. The lowest BCUT2D eigenvalue weighted by Crippen LogP contribution is -2.11. The highest BCUT2D eigenvalue weighted by Gasteiger charge is 2.25. The fourth-order valence-electron chi connectivity index (χ4n) is 1.69. The summed E-state index contributed by atoms with van der Waals surface area (Å²) in [5, 5.41) is 7.18. The van der Waals surface area contributed by atoms with Gasteiger partial charge in [0, 0.05) is 13.0 Å². The van der Waals surface area contributed by atoms with E-state index in [1.165, 1.54) is 0 Å². The molecule has 0 aliphatic carbocycles. The molecule has 0 fully saturated rings. The number of imidazole rings is 1. The van der Waals surface area contributed by atoms with Gasteiger partial charge in [-0.3, -0.25) is 0 Å². The standard InChI is InChI=1S/C11H12BrF3N4.C2H6/c1-7-6-17-10-8(5-9(12)18-19(7)10)16-4-2-3-11(13,14)15;1-2/h5-6,16H,2-4H2,1H3;1-2H3. The van der Waals surface area contributed by atoms with Crippen LogP contribution < -0.4 is 5.32 Å². The van der Waals surface area contributed by atoms with Gasteiger partial charge in [0.1, 0.15) is 4.60 Å². The largest absolute Gasteiger partial charge is 0.389 e. The molecule has 8 heteroatoms. The first-order valence-electron chi connectivity index (χ1n) is 6.68. The second kappa shape index (κ2) is 7.63. The van der Waals surface area contributed by atoms with E-state index in [1.54, 1.807) is 16.8 Å². The summed E-state index contributed by atoms with van der Waals surface area (Å²) in [6, 6.07) is 1.70. The van der Waals surface area contributed by atoms with Crippen LogP contribution in [0.4, 0.5) is 18.9 Å². The fourth-order valence-corrected chi connectivity index (χ4v) is 2.08. The first-order valence-corrected chi connectivity index (χ1v) is 7.47. The van der Waals surface area contributed by atoms with Crippen molar-refractivity contribution in [1.29, 1.82) is 0 Å². The highest BCUT2D eigenvalue weighted by atomic mass is 79.9. The number of alkyl halides is 3. The third-order valence-electron chi connectivity index (χ3n) is 2.56. The van der Waals surface area contributed by atoms with Gasteiger partial charge >= 0.3 is 6.18 Å². The molecule has 0 saturated heterocycles. The van der Waals surface area contributed by atoms with Crippen molar-refractivity contribution in [3.05, 3.63) is 22.6 Å². The summed E-state index contributed by atoms with van der Waals surface area (Å²) in [4.78, 5) is 4.18. The van der Waals surface area contributed by atoms with Crippen molar-refractivity contribution in [3.63, 3.8) is 0 Å². The van der Waals surface area contributed by atoms with Crippen LogP contribution in [0, 0.1) is 6.92 Å². The van der Waals surface area contributed by atoms with Gasteiger partial charge in [-0.25, -0.2) is 9.50 Å². The van der Waals surface area contributed by atoms with E-state index >= 15 is 0 Å². The summed E-state index contributed by atoms with van der Waals surface area (Å²) < 4.78 is 38.4. The quantitative estimate of drug-likeness (QED) is 0.805. The molecule has 2 heterocycles. The van der Waals surface area contributed by atoms with Crippen molar-refractivity contribution in [2.24, 2.45) is 0 Å². The van der Waals surface area contributed by atoms with Gasteiger partial charge < -0.3 is 5.32 Å². The molecule has 2 aromatic heterocycles.